The van der Waals surface area contributed by atoms with Crippen molar-refractivity contribution in [3.8, 4) is 22.6 Å². The van der Waals surface area contributed by atoms with Crippen LogP contribution in [0.3, 0.4) is 0 Å². The largest absolute Gasteiger partial charge is 0.496 e. The summed E-state index contributed by atoms with van der Waals surface area (Å²) in [5.41, 5.74) is 3.23. The van der Waals surface area contributed by atoms with Crippen molar-refractivity contribution in [2.75, 3.05) is 13.7 Å². The van der Waals surface area contributed by atoms with E-state index in [0.29, 0.717) is 17.5 Å². The quantitative estimate of drug-likeness (QED) is 0.701. The molecule has 2 heterocycles. The Labute approximate surface area is 162 Å². The zero-order valence-corrected chi connectivity index (χ0v) is 15.7. The van der Waals surface area contributed by atoms with E-state index >= 15 is 0 Å². The lowest BCUT2D eigenvalue weighted by Gasteiger charge is -2.27. The lowest BCUT2D eigenvalue weighted by molar-refractivity contribution is 0.0703. The van der Waals surface area contributed by atoms with Crippen molar-refractivity contribution in [1.29, 1.82) is 0 Å². The highest BCUT2D eigenvalue weighted by Crippen LogP contribution is 2.39. The maximum atomic E-state index is 13.3. The van der Waals surface area contributed by atoms with Gasteiger partial charge in [-0.05, 0) is 65.4 Å². The standard InChI is InChI=1S/C21H21N5O2/c1-28-20-5-3-2-4-19(20)15-9-16(11-18(10-15)26-13-22-23-24-26)21(27)25-12-14-6-7-17(25)8-14/h2-5,9-11,13-14,17H,6-8,12H2,1H3/t14-,17+/m1/s1. The molecule has 142 valence electrons. The summed E-state index contributed by atoms with van der Waals surface area (Å²) in [6, 6.07) is 14.0. The number of hydrogen-bond donors (Lipinski definition) is 0. The van der Waals surface area contributed by atoms with Crippen LogP contribution in [-0.4, -0.2) is 50.7 Å². The van der Waals surface area contributed by atoms with Crippen LogP contribution in [0.1, 0.15) is 29.6 Å². The van der Waals surface area contributed by atoms with Crippen LogP contribution in [-0.2, 0) is 0 Å². The third kappa shape index (κ3) is 2.83. The molecule has 2 atom stereocenters. The number of rotatable bonds is 4. The van der Waals surface area contributed by atoms with Gasteiger partial charge in [-0.3, -0.25) is 4.79 Å². The molecule has 1 aromatic heterocycles. The van der Waals surface area contributed by atoms with Crippen molar-refractivity contribution < 1.29 is 9.53 Å². The first-order valence-corrected chi connectivity index (χ1v) is 9.56. The number of likely N-dealkylation sites (tertiary alicyclic amines) is 1. The van der Waals surface area contributed by atoms with Crippen molar-refractivity contribution in [1.82, 2.24) is 25.1 Å². The van der Waals surface area contributed by atoms with Gasteiger partial charge in [-0.25, -0.2) is 4.68 Å². The van der Waals surface area contributed by atoms with Crippen LogP contribution in [0, 0.1) is 5.92 Å². The minimum atomic E-state index is 0.0817. The van der Waals surface area contributed by atoms with Crippen LogP contribution >= 0.6 is 0 Å². The van der Waals surface area contributed by atoms with Crippen molar-refractivity contribution in [2.24, 2.45) is 5.92 Å². The summed E-state index contributed by atoms with van der Waals surface area (Å²) in [7, 11) is 1.65. The van der Waals surface area contributed by atoms with E-state index in [1.165, 1.54) is 12.7 Å². The van der Waals surface area contributed by atoms with E-state index in [2.05, 4.69) is 15.5 Å². The molecule has 1 amide bonds. The number of carbonyl (C=O) groups excluding carboxylic acids is 1. The van der Waals surface area contributed by atoms with Crippen LogP contribution in [0.2, 0.25) is 0 Å². The molecule has 7 heteroatoms. The molecule has 0 spiro atoms. The van der Waals surface area contributed by atoms with E-state index in [-0.39, 0.29) is 5.91 Å². The molecule has 1 saturated heterocycles. The summed E-state index contributed by atoms with van der Waals surface area (Å²) in [5.74, 6) is 1.50. The molecule has 2 aromatic carbocycles. The summed E-state index contributed by atoms with van der Waals surface area (Å²) in [6.07, 6.45) is 5.03. The van der Waals surface area contributed by atoms with Gasteiger partial charge in [0.1, 0.15) is 12.1 Å². The van der Waals surface area contributed by atoms with Crippen molar-refractivity contribution in [3.05, 3.63) is 54.4 Å². The van der Waals surface area contributed by atoms with E-state index in [1.807, 2.05) is 47.4 Å². The first-order valence-electron chi connectivity index (χ1n) is 9.56. The molecule has 1 aliphatic carbocycles. The van der Waals surface area contributed by atoms with Gasteiger partial charge in [-0.1, -0.05) is 18.2 Å². The molecule has 1 saturated carbocycles. The van der Waals surface area contributed by atoms with Crippen LogP contribution in [0.15, 0.2) is 48.8 Å². The maximum absolute atomic E-state index is 13.3. The topological polar surface area (TPSA) is 73.1 Å². The Bertz CT molecular complexity index is 1020. The number of aromatic nitrogens is 4. The van der Waals surface area contributed by atoms with Crippen LogP contribution in [0.25, 0.3) is 16.8 Å². The number of para-hydroxylation sites is 1. The molecule has 0 N–H and O–H groups in total. The maximum Gasteiger partial charge on any atom is 0.254 e. The molecule has 0 unspecified atom stereocenters. The highest BCUT2D eigenvalue weighted by molar-refractivity contribution is 5.97. The predicted molar refractivity (Wildman–Crippen MR) is 103 cm³/mol. The number of fused-ring (bicyclic) bond motifs is 2. The third-order valence-electron chi connectivity index (χ3n) is 5.87. The Balaban J connectivity index is 1.61. The van der Waals surface area contributed by atoms with Gasteiger partial charge in [0.2, 0.25) is 0 Å². The first kappa shape index (κ1) is 16.9. The summed E-state index contributed by atoms with van der Waals surface area (Å²) in [5, 5.41) is 11.5. The predicted octanol–water partition coefficient (Wildman–Crippen LogP) is 2.96. The number of piperidine rings is 1. The Hall–Kier alpha value is -3.22. The van der Waals surface area contributed by atoms with Crippen LogP contribution in [0.5, 0.6) is 5.75 Å². The van der Waals surface area contributed by atoms with Gasteiger partial charge in [0, 0.05) is 23.7 Å². The Morgan fingerprint density at radius 1 is 1.18 bits per heavy atom. The number of carbonyl (C=O) groups is 1. The van der Waals surface area contributed by atoms with Gasteiger partial charge in [0.25, 0.3) is 5.91 Å². The van der Waals surface area contributed by atoms with Gasteiger partial charge >= 0.3 is 0 Å². The fourth-order valence-electron chi connectivity index (χ4n) is 4.52. The SMILES string of the molecule is COc1ccccc1-c1cc(C(=O)N2C[C@@H]3CC[C@H]2C3)cc(-n2cnnn2)c1. The normalized spacial score (nSPS) is 20.5. The molecule has 3 aromatic rings. The number of nitrogens with zero attached hydrogens (tertiary/aromatic N) is 5. The number of hydrogen-bond acceptors (Lipinski definition) is 5. The number of benzene rings is 2. The summed E-state index contributed by atoms with van der Waals surface area (Å²) in [6.45, 7) is 0.864. The number of ether oxygens (including phenoxy) is 1. The average Bonchev–Trinajstić information content (AvgIpc) is 3.51. The molecule has 28 heavy (non-hydrogen) atoms. The Kier molecular flexibility index (Phi) is 4.07. The van der Waals surface area contributed by atoms with E-state index in [9.17, 15) is 4.79 Å². The molecule has 0 radical (unpaired) electrons. The first-order chi connectivity index (χ1) is 13.7. The van der Waals surface area contributed by atoms with Crippen LogP contribution < -0.4 is 4.74 Å². The second-order valence-electron chi connectivity index (χ2n) is 7.51. The van der Waals surface area contributed by atoms with E-state index in [1.54, 1.807) is 11.8 Å². The van der Waals surface area contributed by atoms with Crippen molar-refractivity contribution >= 4 is 5.91 Å². The highest BCUT2D eigenvalue weighted by atomic mass is 16.5. The van der Waals surface area contributed by atoms with Crippen LogP contribution in [0.4, 0.5) is 0 Å². The fraction of sp³-hybridized carbons (Fsp3) is 0.333. The van der Waals surface area contributed by atoms with E-state index < -0.39 is 0 Å². The summed E-state index contributed by atoms with van der Waals surface area (Å²) >= 11 is 0. The molecule has 2 fully saturated rings. The van der Waals surface area contributed by atoms with Crippen molar-refractivity contribution in [2.45, 2.75) is 25.3 Å². The van der Waals surface area contributed by atoms with Gasteiger partial charge in [-0.15, -0.1) is 5.10 Å². The smallest absolute Gasteiger partial charge is 0.254 e. The molecule has 2 aliphatic rings. The lowest BCUT2D eigenvalue weighted by Crippen LogP contribution is -2.37. The lowest BCUT2D eigenvalue weighted by atomic mass is 10.00. The molecule has 7 nitrogen and oxygen atoms in total. The summed E-state index contributed by atoms with van der Waals surface area (Å²) < 4.78 is 7.10. The minimum absolute atomic E-state index is 0.0817. The van der Waals surface area contributed by atoms with Crippen molar-refractivity contribution in [3.63, 3.8) is 0 Å². The molecular weight excluding hydrogens is 354 g/mol. The van der Waals surface area contributed by atoms with Gasteiger partial charge < -0.3 is 9.64 Å². The molecule has 2 bridgehead atoms. The number of amides is 1. The average molecular weight is 375 g/mol. The zero-order chi connectivity index (χ0) is 19.1. The minimum Gasteiger partial charge on any atom is -0.496 e. The van der Waals surface area contributed by atoms with E-state index in [4.69, 9.17) is 4.74 Å². The fourth-order valence-corrected chi connectivity index (χ4v) is 4.52. The second kappa shape index (κ2) is 6.74. The highest BCUT2D eigenvalue weighted by Gasteiger charge is 2.40. The number of methoxy groups -OCH3 is 1. The molecule has 1 aliphatic heterocycles. The third-order valence-corrected chi connectivity index (χ3v) is 5.87. The monoisotopic (exact) mass is 375 g/mol. The number of tetrazole rings is 1. The van der Waals surface area contributed by atoms with E-state index in [0.717, 1.165) is 42.0 Å². The molecule has 5 rings (SSSR count). The second-order valence-corrected chi connectivity index (χ2v) is 7.51. The zero-order valence-electron chi connectivity index (χ0n) is 15.7. The Morgan fingerprint density at radius 2 is 2.07 bits per heavy atom. The molecular formula is C21H21N5O2. The van der Waals surface area contributed by atoms with Gasteiger partial charge in [-0.2, -0.15) is 0 Å². The van der Waals surface area contributed by atoms with Gasteiger partial charge in [0.15, 0.2) is 0 Å². The Morgan fingerprint density at radius 3 is 2.79 bits per heavy atom. The summed E-state index contributed by atoms with van der Waals surface area (Å²) in [4.78, 5) is 15.4. The van der Waals surface area contributed by atoms with Gasteiger partial charge in [0.05, 0.1) is 12.8 Å².